The van der Waals surface area contributed by atoms with Crippen LogP contribution < -0.4 is 5.32 Å². The lowest BCUT2D eigenvalue weighted by Gasteiger charge is -2.20. The van der Waals surface area contributed by atoms with E-state index in [0.29, 0.717) is 25.6 Å². The van der Waals surface area contributed by atoms with Gasteiger partial charge in [0, 0.05) is 23.5 Å². The second kappa shape index (κ2) is 6.69. The minimum absolute atomic E-state index is 0.0308. The van der Waals surface area contributed by atoms with Crippen LogP contribution in [0.15, 0.2) is 28.7 Å². The number of hydrogen-bond donors (Lipinski definition) is 1. The van der Waals surface area contributed by atoms with E-state index in [1.807, 2.05) is 24.3 Å². The molecule has 2 rings (SSSR count). The number of rotatable bonds is 6. The third-order valence-electron chi connectivity index (χ3n) is 3.07. The first-order valence-electron chi connectivity index (χ1n) is 6.36. The highest BCUT2D eigenvalue weighted by atomic mass is 79.9. The van der Waals surface area contributed by atoms with Gasteiger partial charge in [0.15, 0.2) is 0 Å². The van der Waals surface area contributed by atoms with Gasteiger partial charge in [-0.1, -0.05) is 12.1 Å². The Hall–Kier alpha value is -1.38. The molecule has 1 N–H and O–H groups in total. The van der Waals surface area contributed by atoms with E-state index in [4.69, 9.17) is 5.26 Å². The maximum Gasteiger partial charge on any atom is 0.238 e. The van der Waals surface area contributed by atoms with Crippen LogP contribution in [0.5, 0.6) is 0 Å². The molecule has 0 aromatic heterocycles. The summed E-state index contributed by atoms with van der Waals surface area (Å²) in [5.74, 6) is -0.0308. The summed E-state index contributed by atoms with van der Waals surface area (Å²) in [5, 5.41) is 11.5. The maximum atomic E-state index is 12.0. The highest BCUT2D eigenvalue weighted by Gasteiger charge is 2.29. The van der Waals surface area contributed by atoms with Gasteiger partial charge >= 0.3 is 0 Å². The van der Waals surface area contributed by atoms with E-state index in [-0.39, 0.29) is 5.91 Å². The van der Waals surface area contributed by atoms with Gasteiger partial charge in [-0.15, -0.1) is 0 Å². The van der Waals surface area contributed by atoms with Crippen molar-refractivity contribution in [2.75, 3.05) is 18.4 Å². The number of nitrogens with zero attached hydrogens (tertiary/aromatic N) is 2. The summed E-state index contributed by atoms with van der Waals surface area (Å²) in [5.41, 5.74) is 0.781. The molecule has 1 aliphatic carbocycles. The van der Waals surface area contributed by atoms with E-state index >= 15 is 0 Å². The monoisotopic (exact) mass is 321 g/mol. The molecule has 0 heterocycles. The van der Waals surface area contributed by atoms with Gasteiger partial charge in [0.25, 0.3) is 0 Å². The van der Waals surface area contributed by atoms with E-state index in [1.54, 1.807) is 0 Å². The van der Waals surface area contributed by atoms with Crippen molar-refractivity contribution in [3.8, 4) is 6.07 Å². The first-order valence-corrected chi connectivity index (χ1v) is 7.15. The van der Waals surface area contributed by atoms with Crippen molar-refractivity contribution in [1.29, 1.82) is 5.26 Å². The van der Waals surface area contributed by atoms with E-state index < -0.39 is 0 Å². The Labute approximate surface area is 121 Å². The summed E-state index contributed by atoms with van der Waals surface area (Å²) >= 11 is 3.40. The standard InChI is InChI=1S/C14H16BrN3O/c15-12-4-1-2-5-13(12)17-14(19)10-18(9-3-8-16)11-6-7-11/h1-2,4-5,11H,3,6-7,9-10H2,(H,17,19). The van der Waals surface area contributed by atoms with E-state index in [9.17, 15) is 4.79 Å². The summed E-state index contributed by atoms with van der Waals surface area (Å²) in [6.45, 7) is 1.03. The second-order valence-electron chi connectivity index (χ2n) is 4.64. The van der Waals surface area contributed by atoms with Gasteiger partial charge in [0.05, 0.1) is 18.3 Å². The molecule has 1 aromatic rings. The highest BCUT2D eigenvalue weighted by Crippen LogP contribution is 2.27. The largest absolute Gasteiger partial charge is 0.324 e. The van der Waals surface area contributed by atoms with Crippen molar-refractivity contribution in [2.24, 2.45) is 0 Å². The van der Waals surface area contributed by atoms with Gasteiger partial charge in [-0.05, 0) is 40.9 Å². The molecule has 1 amide bonds. The van der Waals surface area contributed by atoms with Crippen LogP contribution in [-0.2, 0) is 4.79 Å². The summed E-state index contributed by atoms with van der Waals surface area (Å²) < 4.78 is 0.873. The lowest BCUT2D eigenvalue weighted by atomic mass is 10.3. The molecular weight excluding hydrogens is 306 g/mol. The Bertz CT molecular complexity index is 494. The predicted molar refractivity (Wildman–Crippen MR) is 77.6 cm³/mol. The molecule has 100 valence electrons. The van der Waals surface area contributed by atoms with Gasteiger partial charge in [-0.3, -0.25) is 9.69 Å². The number of nitrogens with one attached hydrogen (secondary N) is 1. The average Bonchev–Trinajstić information content (AvgIpc) is 3.21. The summed E-state index contributed by atoms with van der Waals surface area (Å²) in [7, 11) is 0. The van der Waals surface area contributed by atoms with Crippen LogP contribution in [0.1, 0.15) is 19.3 Å². The fraction of sp³-hybridized carbons (Fsp3) is 0.429. The van der Waals surface area contributed by atoms with E-state index in [1.165, 1.54) is 0 Å². The second-order valence-corrected chi connectivity index (χ2v) is 5.49. The molecular formula is C14H16BrN3O. The SMILES string of the molecule is N#CCCN(CC(=O)Nc1ccccc1Br)C1CC1. The Morgan fingerprint density at radius 3 is 2.84 bits per heavy atom. The Morgan fingerprint density at radius 1 is 1.47 bits per heavy atom. The maximum absolute atomic E-state index is 12.0. The van der Waals surface area contributed by atoms with Gasteiger partial charge in [0.1, 0.15) is 0 Å². The Morgan fingerprint density at radius 2 is 2.21 bits per heavy atom. The van der Waals surface area contributed by atoms with Crippen LogP contribution in [0.25, 0.3) is 0 Å². The van der Waals surface area contributed by atoms with Crippen LogP contribution in [-0.4, -0.2) is 29.9 Å². The van der Waals surface area contributed by atoms with Gasteiger partial charge < -0.3 is 5.32 Å². The number of anilines is 1. The van der Waals surface area contributed by atoms with Crippen LogP contribution in [0.4, 0.5) is 5.69 Å². The third-order valence-corrected chi connectivity index (χ3v) is 3.76. The molecule has 5 heteroatoms. The third kappa shape index (κ3) is 4.34. The number of carbonyl (C=O) groups excluding carboxylic acids is 1. The van der Waals surface area contributed by atoms with Crippen LogP contribution in [0.2, 0.25) is 0 Å². The Balaban J connectivity index is 1.89. The molecule has 0 saturated heterocycles. The summed E-state index contributed by atoms with van der Waals surface area (Å²) in [6, 6.07) is 10.2. The molecule has 19 heavy (non-hydrogen) atoms. The highest BCUT2D eigenvalue weighted by molar-refractivity contribution is 9.10. The van der Waals surface area contributed by atoms with Crippen LogP contribution >= 0.6 is 15.9 Å². The van der Waals surface area contributed by atoms with Crippen molar-refractivity contribution in [3.05, 3.63) is 28.7 Å². The number of amides is 1. The lowest BCUT2D eigenvalue weighted by molar-refractivity contribution is -0.117. The quantitative estimate of drug-likeness (QED) is 0.876. The predicted octanol–water partition coefficient (Wildman–Crippen LogP) is 2.77. The van der Waals surface area contributed by atoms with Crippen molar-refractivity contribution in [2.45, 2.75) is 25.3 Å². The van der Waals surface area contributed by atoms with Crippen LogP contribution in [0.3, 0.4) is 0 Å². The van der Waals surface area contributed by atoms with Crippen molar-refractivity contribution >= 4 is 27.5 Å². The van der Waals surface area contributed by atoms with E-state index in [2.05, 4.69) is 32.2 Å². The minimum atomic E-state index is -0.0308. The van der Waals surface area contributed by atoms with Crippen LogP contribution in [0, 0.1) is 11.3 Å². The fourth-order valence-corrected chi connectivity index (χ4v) is 2.34. The average molecular weight is 322 g/mol. The van der Waals surface area contributed by atoms with Gasteiger partial charge in [-0.2, -0.15) is 5.26 Å². The van der Waals surface area contributed by atoms with E-state index in [0.717, 1.165) is 23.0 Å². The number of benzene rings is 1. The molecule has 0 spiro atoms. The van der Waals surface area contributed by atoms with Gasteiger partial charge in [0.2, 0.25) is 5.91 Å². The number of nitriles is 1. The zero-order valence-corrected chi connectivity index (χ0v) is 12.2. The first-order chi connectivity index (χ1) is 9.20. The number of hydrogen-bond acceptors (Lipinski definition) is 3. The first kappa shape index (κ1) is 14.0. The van der Waals surface area contributed by atoms with Gasteiger partial charge in [-0.25, -0.2) is 0 Å². The van der Waals surface area contributed by atoms with Crippen molar-refractivity contribution in [3.63, 3.8) is 0 Å². The minimum Gasteiger partial charge on any atom is -0.324 e. The zero-order valence-electron chi connectivity index (χ0n) is 10.6. The molecule has 0 radical (unpaired) electrons. The van der Waals surface area contributed by atoms with Crippen molar-refractivity contribution < 1.29 is 4.79 Å². The normalized spacial score (nSPS) is 14.2. The number of para-hydroxylation sites is 1. The molecule has 0 unspecified atom stereocenters. The molecule has 1 aliphatic rings. The zero-order chi connectivity index (χ0) is 13.7. The smallest absolute Gasteiger partial charge is 0.238 e. The van der Waals surface area contributed by atoms with Crippen molar-refractivity contribution in [1.82, 2.24) is 4.90 Å². The lowest BCUT2D eigenvalue weighted by Crippen LogP contribution is -2.35. The molecule has 0 aliphatic heterocycles. The molecule has 1 aromatic carbocycles. The topological polar surface area (TPSA) is 56.1 Å². The molecule has 0 bridgehead atoms. The molecule has 1 fully saturated rings. The molecule has 0 atom stereocenters. The summed E-state index contributed by atoms with van der Waals surface area (Å²) in [4.78, 5) is 14.1. The summed E-state index contributed by atoms with van der Waals surface area (Å²) in [6.07, 6.45) is 2.74. The Kier molecular flexibility index (Phi) is 4.94. The number of carbonyl (C=O) groups is 1. The number of halogens is 1. The molecule has 1 saturated carbocycles. The fourth-order valence-electron chi connectivity index (χ4n) is 1.96. The molecule has 4 nitrogen and oxygen atoms in total.